The maximum atomic E-state index is 11.7. The van der Waals surface area contributed by atoms with Crippen LogP contribution >= 0.6 is 0 Å². The summed E-state index contributed by atoms with van der Waals surface area (Å²) >= 11 is 0. The molecule has 0 rings (SSSR count). The Morgan fingerprint density at radius 3 is 2.22 bits per heavy atom. The fourth-order valence-electron chi connectivity index (χ4n) is 2.00. The third-order valence-corrected chi connectivity index (χ3v) is 2.60. The molecule has 0 bridgehead atoms. The van der Waals surface area contributed by atoms with Gasteiger partial charge in [-0.25, -0.2) is 4.79 Å². The molecule has 0 heterocycles. The summed E-state index contributed by atoms with van der Waals surface area (Å²) in [5, 5.41) is 14.3. The molecule has 0 aromatic rings. The molecule has 2 amide bonds. The van der Waals surface area contributed by atoms with Gasteiger partial charge in [-0.05, 0) is 25.7 Å². The number of urea groups is 1. The molecule has 0 saturated carbocycles. The van der Waals surface area contributed by atoms with E-state index in [0.29, 0.717) is 12.3 Å². The van der Waals surface area contributed by atoms with Gasteiger partial charge in [0.15, 0.2) is 0 Å². The van der Waals surface area contributed by atoms with Crippen molar-refractivity contribution >= 4 is 12.0 Å². The summed E-state index contributed by atoms with van der Waals surface area (Å²) in [5.41, 5.74) is 0. The van der Waals surface area contributed by atoms with Gasteiger partial charge < -0.3 is 15.7 Å². The Kier molecular flexibility index (Phi) is 8.16. The second kappa shape index (κ2) is 8.78. The van der Waals surface area contributed by atoms with Gasteiger partial charge in [0.05, 0.1) is 6.42 Å². The molecule has 0 aliphatic carbocycles. The summed E-state index contributed by atoms with van der Waals surface area (Å²) in [7, 11) is 0. The molecule has 5 nitrogen and oxygen atoms in total. The monoisotopic (exact) mass is 258 g/mol. The van der Waals surface area contributed by atoms with E-state index in [1.54, 1.807) is 0 Å². The minimum atomic E-state index is -0.885. The molecular formula is C13H26N2O3. The highest BCUT2D eigenvalue weighted by Crippen LogP contribution is 2.05. The van der Waals surface area contributed by atoms with Gasteiger partial charge >= 0.3 is 12.0 Å². The lowest BCUT2D eigenvalue weighted by molar-refractivity contribution is -0.137. The van der Waals surface area contributed by atoms with Gasteiger partial charge in [0.25, 0.3) is 0 Å². The van der Waals surface area contributed by atoms with E-state index in [1.165, 1.54) is 0 Å². The van der Waals surface area contributed by atoms with Gasteiger partial charge in [-0.2, -0.15) is 0 Å². The van der Waals surface area contributed by atoms with Crippen LogP contribution in [0.25, 0.3) is 0 Å². The van der Waals surface area contributed by atoms with Crippen molar-refractivity contribution in [1.29, 1.82) is 0 Å². The molecule has 0 saturated heterocycles. The Morgan fingerprint density at radius 2 is 1.78 bits per heavy atom. The van der Waals surface area contributed by atoms with E-state index < -0.39 is 5.97 Å². The van der Waals surface area contributed by atoms with Crippen LogP contribution in [0, 0.1) is 5.92 Å². The Balaban J connectivity index is 4.12. The lowest BCUT2D eigenvalue weighted by Gasteiger charge is -2.20. The number of hydrogen-bond acceptors (Lipinski definition) is 2. The van der Waals surface area contributed by atoms with Crippen molar-refractivity contribution in [3.8, 4) is 0 Å². The van der Waals surface area contributed by atoms with Crippen LogP contribution in [0.15, 0.2) is 0 Å². The molecule has 2 unspecified atom stereocenters. The van der Waals surface area contributed by atoms with E-state index in [9.17, 15) is 9.59 Å². The standard InChI is InChI=1S/C13H26N2O3/c1-5-6-11(8-12(16)17)15-13(18)14-10(4)7-9(2)3/h9-11H,5-8H2,1-4H3,(H,16,17)(H2,14,15,18). The summed E-state index contributed by atoms with van der Waals surface area (Å²) in [5.74, 6) is -0.366. The van der Waals surface area contributed by atoms with E-state index in [0.717, 1.165) is 12.8 Å². The number of amides is 2. The van der Waals surface area contributed by atoms with Crippen LogP contribution in [0.1, 0.15) is 53.4 Å². The Morgan fingerprint density at radius 1 is 1.17 bits per heavy atom. The second-order valence-corrected chi connectivity index (χ2v) is 5.23. The Bertz CT molecular complexity index is 267. The van der Waals surface area contributed by atoms with Crippen molar-refractivity contribution in [3.63, 3.8) is 0 Å². The van der Waals surface area contributed by atoms with Gasteiger partial charge in [0.1, 0.15) is 0 Å². The maximum absolute atomic E-state index is 11.7. The average Bonchev–Trinajstić information content (AvgIpc) is 2.14. The van der Waals surface area contributed by atoms with Crippen molar-refractivity contribution in [3.05, 3.63) is 0 Å². The van der Waals surface area contributed by atoms with Crippen LogP contribution in [0.3, 0.4) is 0 Å². The number of aliphatic carboxylic acids is 1. The molecule has 0 fully saturated rings. The lowest BCUT2D eigenvalue weighted by Crippen LogP contribution is -2.46. The zero-order valence-corrected chi connectivity index (χ0v) is 11.8. The SMILES string of the molecule is CCCC(CC(=O)O)NC(=O)NC(C)CC(C)C. The number of carboxylic acids is 1. The first kappa shape index (κ1) is 16.7. The van der Waals surface area contributed by atoms with Crippen molar-refractivity contribution in [2.24, 2.45) is 5.92 Å². The molecule has 0 aliphatic rings. The van der Waals surface area contributed by atoms with E-state index in [-0.39, 0.29) is 24.5 Å². The van der Waals surface area contributed by atoms with Crippen molar-refractivity contribution in [1.82, 2.24) is 10.6 Å². The number of rotatable bonds is 8. The molecule has 0 spiro atoms. The summed E-state index contributed by atoms with van der Waals surface area (Å²) in [6.07, 6.45) is 2.41. The van der Waals surface area contributed by atoms with Gasteiger partial charge in [-0.1, -0.05) is 27.2 Å². The Labute approximate surface area is 109 Å². The molecule has 0 radical (unpaired) electrons. The van der Waals surface area contributed by atoms with Crippen LogP contribution < -0.4 is 10.6 Å². The number of nitrogens with one attached hydrogen (secondary N) is 2. The van der Waals surface area contributed by atoms with Crippen LogP contribution in [-0.4, -0.2) is 29.2 Å². The third-order valence-electron chi connectivity index (χ3n) is 2.60. The van der Waals surface area contributed by atoms with Crippen LogP contribution in [-0.2, 0) is 4.79 Å². The number of carbonyl (C=O) groups excluding carboxylic acids is 1. The molecule has 5 heteroatoms. The number of hydrogen-bond donors (Lipinski definition) is 3. The number of carbonyl (C=O) groups is 2. The highest BCUT2D eigenvalue weighted by Gasteiger charge is 2.16. The highest BCUT2D eigenvalue weighted by atomic mass is 16.4. The van der Waals surface area contributed by atoms with E-state index in [1.807, 2.05) is 13.8 Å². The van der Waals surface area contributed by atoms with Crippen molar-refractivity contribution < 1.29 is 14.7 Å². The zero-order chi connectivity index (χ0) is 14.1. The molecule has 0 aromatic carbocycles. The van der Waals surface area contributed by atoms with Gasteiger partial charge in [0, 0.05) is 12.1 Å². The van der Waals surface area contributed by atoms with E-state index >= 15 is 0 Å². The van der Waals surface area contributed by atoms with Gasteiger partial charge in [0.2, 0.25) is 0 Å². The minimum Gasteiger partial charge on any atom is -0.481 e. The van der Waals surface area contributed by atoms with Crippen molar-refractivity contribution in [2.75, 3.05) is 0 Å². The Hall–Kier alpha value is -1.26. The largest absolute Gasteiger partial charge is 0.481 e. The quantitative estimate of drug-likeness (QED) is 0.625. The second-order valence-electron chi connectivity index (χ2n) is 5.23. The fraction of sp³-hybridized carbons (Fsp3) is 0.846. The molecule has 2 atom stereocenters. The maximum Gasteiger partial charge on any atom is 0.315 e. The number of carboxylic acid groups (broad SMARTS) is 1. The normalized spacial score (nSPS) is 14.1. The van der Waals surface area contributed by atoms with Crippen LogP contribution in [0.5, 0.6) is 0 Å². The first-order valence-electron chi connectivity index (χ1n) is 6.63. The molecular weight excluding hydrogens is 232 g/mol. The summed E-state index contributed by atoms with van der Waals surface area (Å²) in [6, 6.07) is -0.473. The van der Waals surface area contributed by atoms with Gasteiger partial charge in [-0.3, -0.25) is 4.79 Å². The zero-order valence-electron chi connectivity index (χ0n) is 11.8. The van der Waals surface area contributed by atoms with Crippen molar-refractivity contribution in [2.45, 2.75) is 65.5 Å². The van der Waals surface area contributed by atoms with Crippen LogP contribution in [0.2, 0.25) is 0 Å². The molecule has 3 N–H and O–H groups in total. The summed E-state index contributed by atoms with van der Waals surface area (Å²) in [6.45, 7) is 8.11. The summed E-state index contributed by atoms with van der Waals surface area (Å²) < 4.78 is 0. The smallest absolute Gasteiger partial charge is 0.315 e. The van der Waals surface area contributed by atoms with Crippen LogP contribution in [0.4, 0.5) is 4.79 Å². The molecule has 106 valence electrons. The highest BCUT2D eigenvalue weighted by molar-refractivity contribution is 5.75. The first-order chi connectivity index (χ1) is 8.35. The molecule has 18 heavy (non-hydrogen) atoms. The van der Waals surface area contributed by atoms with Gasteiger partial charge in [-0.15, -0.1) is 0 Å². The first-order valence-corrected chi connectivity index (χ1v) is 6.63. The predicted molar refractivity (Wildman–Crippen MR) is 71.5 cm³/mol. The molecule has 0 aromatic heterocycles. The van der Waals surface area contributed by atoms with E-state index in [2.05, 4.69) is 24.5 Å². The predicted octanol–water partition coefficient (Wildman–Crippen LogP) is 2.36. The van der Waals surface area contributed by atoms with E-state index in [4.69, 9.17) is 5.11 Å². The molecule has 0 aliphatic heterocycles. The third kappa shape index (κ3) is 8.84. The topological polar surface area (TPSA) is 78.4 Å². The fourth-order valence-corrected chi connectivity index (χ4v) is 2.00. The lowest BCUT2D eigenvalue weighted by atomic mass is 10.1. The summed E-state index contributed by atoms with van der Waals surface area (Å²) in [4.78, 5) is 22.3. The minimum absolute atomic E-state index is 0.0280. The average molecular weight is 258 g/mol.